The lowest BCUT2D eigenvalue weighted by Gasteiger charge is -2.19. The molecule has 0 aliphatic rings. The molecule has 0 aliphatic carbocycles. The standard InChI is InChI=1S/C20H20FN3O2/c1-24(15-8-3-2-4-9-15)13-7-12-22-20(25)18-19(26-14-23-18)16-10-5-6-11-17(16)21/h2-6,8-11,14H,7,12-13H2,1H3,(H,22,25). The fraction of sp³-hybridized carbons (Fsp3) is 0.200. The number of carbonyl (C=O) groups is 1. The van der Waals surface area contributed by atoms with Gasteiger partial charge in [0.15, 0.2) is 17.8 Å². The second kappa shape index (κ2) is 8.29. The van der Waals surface area contributed by atoms with Gasteiger partial charge < -0.3 is 14.6 Å². The number of benzene rings is 2. The molecular formula is C20H20FN3O2. The minimum absolute atomic E-state index is 0.0894. The highest BCUT2D eigenvalue weighted by atomic mass is 19.1. The zero-order chi connectivity index (χ0) is 18.4. The van der Waals surface area contributed by atoms with Gasteiger partial charge >= 0.3 is 0 Å². The predicted molar refractivity (Wildman–Crippen MR) is 98.6 cm³/mol. The number of para-hydroxylation sites is 1. The Hall–Kier alpha value is -3.15. The van der Waals surface area contributed by atoms with Crippen LogP contribution in [0, 0.1) is 5.82 Å². The average molecular weight is 353 g/mol. The van der Waals surface area contributed by atoms with Crippen molar-refractivity contribution in [2.24, 2.45) is 0 Å². The summed E-state index contributed by atoms with van der Waals surface area (Å²) in [5, 5.41) is 2.81. The normalized spacial score (nSPS) is 10.5. The van der Waals surface area contributed by atoms with Crippen LogP contribution in [0.25, 0.3) is 11.3 Å². The molecule has 26 heavy (non-hydrogen) atoms. The molecule has 3 aromatic rings. The molecule has 0 fully saturated rings. The first-order chi connectivity index (χ1) is 12.7. The molecule has 2 aromatic carbocycles. The van der Waals surface area contributed by atoms with Crippen molar-refractivity contribution in [3.05, 3.63) is 72.5 Å². The maximum absolute atomic E-state index is 13.9. The van der Waals surface area contributed by atoms with E-state index >= 15 is 0 Å². The van der Waals surface area contributed by atoms with Crippen LogP contribution < -0.4 is 10.2 Å². The van der Waals surface area contributed by atoms with E-state index in [0.717, 1.165) is 25.0 Å². The number of aromatic nitrogens is 1. The number of amides is 1. The van der Waals surface area contributed by atoms with Crippen LogP contribution in [0.1, 0.15) is 16.9 Å². The van der Waals surface area contributed by atoms with E-state index < -0.39 is 5.82 Å². The van der Waals surface area contributed by atoms with Gasteiger partial charge in [0.25, 0.3) is 5.91 Å². The van der Waals surface area contributed by atoms with E-state index in [1.165, 1.54) is 6.07 Å². The van der Waals surface area contributed by atoms with Gasteiger partial charge in [-0.3, -0.25) is 4.79 Å². The smallest absolute Gasteiger partial charge is 0.273 e. The summed E-state index contributed by atoms with van der Waals surface area (Å²) in [7, 11) is 2.01. The zero-order valence-electron chi connectivity index (χ0n) is 14.5. The van der Waals surface area contributed by atoms with E-state index in [1.807, 2.05) is 37.4 Å². The molecule has 134 valence electrons. The van der Waals surface area contributed by atoms with Crippen LogP contribution in [0.3, 0.4) is 0 Å². The summed E-state index contributed by atoms with van der Waals surface area (Å²) in [6.07, 6.45) is 1.92. The molecular weight excluding hydrogens is 333 g/mol. The van der Waals surface area contributed by atoms with Gasteiger partial charge in [0.2, 0.25) is 0 Å². The Bertz CT molecular complexity index is 864. The summed E-state index contributed by atoms with van der Waals surface area (Å²) in [5.74, 6) is -0.691. The molecule has 0 aliphatic heterocycles. The van der Waals surface area contributed by atoms with Crippen molar-refractivity contribution in [2.45, 2.75) is 6.42 Å². The number of nitrogens with zero attached hydrogens (tertiary/aromatic N) is 2. The third-order valence-corrected chi connectivity index (χ3v) is 4.05. The van der Waals surface area contributed by atoms with Crippen molar-refractivity contribution in [3.63, 3.8) is 0 Å². The Kier molecular flexibility index (Phi) is 5.63. The highest BCUT2D eigenvalue weighted by Gasteiger charge is 2.20. The van der Waals surface area contributed by atoms with E-state index in [-0.39, 0.29) is 22.9 Å². The Morgan fingerprint density at radius 2 is 1.88 bits per heavy atom. The van der Waals surface area contributed by atoms with Crippen LogP contribution in [-0.2, 0) is 0 Å². The van der Waals surface area contributed by atoms with Crippen LogP contribution in [0.4, 0.5) is 10.1 Å². The highest BCUT2D eigenvalue weighted by molar-refractivity contribution is 5.97. The lowest BCUT2D eigenvalue weighted by atomic mass is 10.1. The summed E-state index contributed by atoms with van der Waals surface area (Å²) >= 11 is 0. The third-order valence-electron chi connectivity index (χ3n) is 4.05. The number of oxazole rings is 1. The summed E-state index contributed by atoms with van der Waals surface area (Å²) < 4.78 is 19.2. The SMILES string of the molecule is CN(CCCNC(=O)c1ncoc1-c1ccccc1F)c1ccccc1. The van der Waals surface area contributed by atoms with Gasteiger partial charge in [0.05, 0.1) is 5.56 Å². The Morgan fingerprint density at radius 1 is 1.15 bits per heavy atom. The van der Waals surface area contributed by atoms with E-state index in [9.17, 15) is 9.18 Å². The second-order valence-corrected chi connectivity index (χ2v) is 5.88. The van der Waals surface area contributed by atoms with Crippen LogP contribution in [-0.4, -0.2) is 31.0 Å². The fourth-order valence-corrected chi connectivity index (χ4v) is 2.66. The third kappa shape index (κ3) is 4.08. The number of hydrogen-bond donors (Lipinski definition) is 1. The first-order valence-corrected chi connectivity index (χ1v) is 8.39. The maximum atomic E-state index is 13.9. The maximum Gasteiger partial charge on any atom is 0.273 e. The minimum Gasteiger partial charge on any atom is -0.443 e. The van der Waals surface area contributed by atoms with Gasteiger partial charge in [-0.05, 0) is 30.7 Å². The molecule has 0 unspecified atom stereocenters. The van der Waals surface area contributed by atoms with Gasteiger partial charge in [0.1, 0.15) is 5.82 Å². The van der Waals surface area contributed by atoms with Crippen molar-refractivity contribution >= 4 is 11.6 Å². The molecule has 1 aromatic heterocycles. The first kappa shape index (κ1) is 17.7. The molecule has 0 bridgehead atoms. The van der Waals surface area contributed by atoms with Crippen LogP contribution in [0.15, 0.2) is 65.4 Å². The predicted octanol–water partition coefficient (Wildman–Crippen LogP) is 3.74. The molecule has 5 nitrogen and oxygen atoms in total. The molecule has 0 saturated carbocycles. The number of rotatable bonds is 7. The summed E-state index contributed by atoms with van der Waals surface area (Å²) in [6, 6.07) is 16.2. The fourth-order valence-electron chi connectivity index (χ4n) is 2.66. The van der Waals surface area contributed by atoms with Crippen LogP contribution in [0.2, 0.25) is 0 Å². The van der Waals surface area contributed by atoms with Crippen molar-refractivity contribution in [2.75, 3.05) is 25.0 Å². The van der Waals surface area contributed by atoms with E-state index in [4.69, 9.17) is 4.42 Å². The Morgan fingerprint density at radius 3 is 2.65 bits per heavy atom. The number of carbonyl (C=O) groups excluding carboxylic acids is 1. The molecule has 0 spiro atoms. The molecule has 0 saturated heterocycles. The zero-order valence-corrected chi connectivity index (χ0v) is 14.5. The molecule has 1 amide bonds. The summed E-state index contributed by atoms with van der Waals surface area (Å²) in [5.41, 5.74) is 1.43. The lowest BCUT2D eigenvalue weighted by Crippen LogP contribution is -2.28. The van der Waals surface area contributed by atoms with Crippen molar-refractivity contribution in [1.29, 1.82) is 0 Å². The topological polar surface area (TPSA) is 58.4 Å². The van der Waals surface area contributed by atoms with Gasteiger partial charge in [-0.1, -0.05) is 30.3 Å². The molecule has 0 atom stereocenters. The van der Waals surface area contributed by atoms with E-state index in [1.54, 1.807) is 18.2 Å². The molecule has 1 N–H and O–H groups in total. The molecule has 3 rings (SSSR count). The number of hydrogen-bond acceptors (Lipinski definition) is 4. The summed E-state index contributed by atoms with van der Waals surface area (Å²) in [6.45, 7) is 1.28. The molecule has 0 radical (unpaired) electrons. The van der Waals surface area contributed by atoms with Gasteiger partial charge in [-0.2, -0.15) is 0 Å². The lowest BCUT2D eigenvalue weighted by molar-refractivity contribution is 0.0949. The van der Waals surface area contributed by atoms with Crippen molar-refractivity contribution in [3.8, 4) is 11.3 Å². The van der Waals surface area contributed by atoms with Crippen molar-refractivity contribution < 1.29 is 13.6 Å². The largest absolute Gasteiger partial charge is 0.443 e. The number of anilines is 1. The second-order valence-electron chi connectivity index (χ2n) is 5.88. The van der Waals surface area contributed by atoms with E-state index in [0.29, 0.717) is 6.54 Å². The first-order valence-electron chi connectivity index (χ1n) is 8.39. The summed E-state index contributed by atoms with van der Waals surface area (Å²) in [4.78, 5) is 18.4. The molecule has 1 heterocycles. The monoisotopic (exact) mass is 353 g/mol. The molecule has 6 heteroatoms. The quantitative estimate of drug-likeness (QED) is 0.658. The Labute approximate surface area is 151 Å². The van der Waals surface area contributed by atoms with Crippen LogP contribution in [0.5, 0.6) is 0 Å². The highest BCUT2D eigenvalue weighted by Crippen LogP contribution is 2.25. The average Bonchev–Trinajstić information content (AvgIpc) is 3.15. The van der Waals surface area contributed by atoms with Crippen molar-refractivity contribution in [1.82, 2.24) is 10.3 Å². The van der Waals surface area contributed by atoms with Gasteiger partial charge in [0, 0.05) is 25.8 Å². The number of nitrogens with one attached hydrogen (secondary N) is 1. The van der Waals surface area contributed by atoms with Gasteiger partial charge in [-0.25, -0.2) is 9.37 Å². The van der Waals surface area contributed by atoms with Gasteiger partial charge in [-0.15, -0.1) is 0 Å². The van der Waals surface area contributed by atoms with Crippen LogP contribution >= 0.6 is 0 Å². The number of halogens is 1. The van der Waals surface area contributed by atoms with E-state index in [2.05, 4.69) is 15.2 Å². The Balaban J connectivity index is 1.55. The minimum atomic E-state index is -0.456.